The van der Waals surface area contributed by atoms with Crippen molar-refractivity contribution in [2.24, 2.45) is 5.92 Å². The largest absolute Gasteiger partial charge is 0.480 e. The molecule has 2 amide bonds. The monoisotopic (exact) mass is 400 g/mol. The van der Waals surface area contributed by atoms with Gasteiger partial charge in [0.1, 0.15) is 6.54 Å². The van der Waals surface area contributed by atoms with Crippen LogP contribution in [-0.2, 0) is 14.3 Å². The number of halogens is 1. The predicted molar refractivity (Wildman–Crippen MR) is 92.8 cm³/mol. The number of nitrogens with one attached hydrogen (secondary N) is 1. The standard InChI is InChI=1S/C16H21BrN2O5/c1-10(2)8-13(15(22)19(3)9-14(20)21)24-16(23)18-12-6-4-11(17)5-7-12/h4-7,10,13H,8-9H2,1-3H3,(H,18,23)(H,20,21)/t13-/m0/s1. The van der Waals surface area contributed by atoms with Crippen molar-refractivity contribution in [2.75, 3.05) is 18.9 Å². The van der Waals surface area contributed by atoms with Crippen LogP contribution >= 0.6 is 15.9 Å². The van der Waals surface area contributed by atoms with Gasteiger partial charge in [-0.2, -0.15) is 0 Å². The summed E-state index contributed by atoms with van der Waals surface area (Å²) in [4.78, 5) is 36.1. The van der Waals surface area contributed by atoms with Gasteiger partial charge in [0.25, 0.3) is 5.91 Å². The van der Waals surface area contributed by atoms with Crippen LogP contribution in [0.2, 0.25) is 0 Å². The first-order valence-electron chi connectivity index (χ1n) is 7.39. The minimum Gasteiger partial charge on any atom is -0.480 e. The molecule has 0 aliphatic rings. The lowest BCUT2D eigenvalue weighted by atomic mass is 10.1. The molecule has 8 heteroatoms. The molecule has 132 valence electrons. The van der Waals surface area contributed by atoms with Crippen LogP contribution in [0.25, 0.3) is 0 Å². The molecule has 0 bridgehead atoms. The Morgan fingerprint density at radius 3 is 2.33 bits per heavy atom. The SMILES string of the molecule is CC(C)C[C@H](OC(=O)Nc1ccc(Br)cc1)C(=O)N(C)CC(=O)O. The number of carbonyl (C=O) groups excluding carboxylic acids is 2. The molecule has 1 aromatic rings. The van der Waals surface area contributed by atoms with E-state index in [1.54, 1.807) is 24.3 Å². The number of hydrogen-bond acceptors (Lipinski definition) is 4. The smallest absolute Gasteiger partial charge is 0.412 e. The molecule has 0 fully saturated rings. The predicted octanol–water partition coefficient (Wildman–Crippen LogP) is 2.96. The van der Waals surface area contributed by atoms with Gasteiger partial charge in [-0.25, -0.2) is 4.79 Å². The van der Waals surface area contributed by atoms with Crippen molar-refractivity contribution >= 4 is 39.6 Å². The number of benzene rings is 1. The number of anilines is 1. The van der Waals surface area contributed by atoms with Crippen molar-refractivity contribution in [3.05, 3.63) is 28.7 Å². The highest BCUT2D eigenvalue weighted by Gasteiger charge is 2.28. The molecular formula is C16H21BrN2O5. The van der Waals surface area contributed by atoms with E-state index in [1.165, 1.54) is 7.05 Å². The van der Waals surface area contributed by atoms with Crippen molar-refractivity contribution in [1.82, 2.24) is 4.90 Å². The van der Waals surface area contributed by atoms with Crippen LogP contribution in [0, 0.1) is 5.92 Å². The fourth-order valence-corrected chi connectivity index (χ4v) is 2.23. The van der Waals surface area contributed by atoms with Crippen molar-refractivity contribution in [2.45, 2.75) is 26.4 Å². The summed E-state index contributed by atoms with van der Waals surface area (Å²) in [6.45, 7) is 3.31. The number of ether oxygens (including phenoxy) is 1. The van der Waals surface area contributed by atoms with E-state index in [0.717, 1.165) is 9.37 Å². The number of hydrogen-bond donors (Lipinski definition) is 2. The molecule has 0 unspecified atom stereocenters. The summed E-state index contributed by atoms with van der Waals surface area (Å²) >= 11 is 3.29. The highest BCUT2D eigenvalue weighted by Crippen LogP contribution is 2.16. The summed E-state index contributed by atoms with van der Waals surface area (Å²) in [5, 5.41) is 11.3. The van der Waals surface area contributed by atoms with Gasteiger partial charge in [0, 0.05) is 17.2 Å². The Bertz CT molecular complexity index is 589. The summed E-state index contributed by atoms with van der Waals surface area (Å²) in [6.07, 6.45) is -1.50. The van der Waals surface area contributed by atoms with Gasteiger partial charge in [0.15, 0.2) is 6.10 Å². The van der Waals surface area contributed by atoms with Gasteiger partial charge in [-0.15, -0.1) is 0 Å². The average molecular weight is 401 g/mol. The molecule has 24 heavy (non-hydrogen) atoms. The van der Waals surface area contributed by atoms with Gasteiger partial charge in [-0.05, 0) is 36.6 Å². The van der Waals surface area contributed by atoms with Crippen molar-refractivity contribution in [3.63, 3.8) is 0 Å². The van der Waals surface area contributed by atoms with E-state index in [1.807, 2.05) is 13.8 Å². The molecule has 1 aromatic carbocycles. The van der Waals surface area contributed by atoms with Crippen LogP contribution in [0.15, 0.2) is 28.7 Å². The Labute approximate surface area is 149 Å². The number of carboxylic acids is 1. The van der Waals surface area contributed by atoms with E-state index in [9.17, 15) is 14.4 Å². The highest BCUT2D eigenvalue weighted by molar-refractivity contribution is 9.10. The molecule has 0 aromatic heterocycles. The molecule has 0 radical (unpaired) electrons. The molecular weight excluding hydrogens is 380 g/mol. The molecule has 2 N–H and O–H groups in total. The van der Waals surface area contributed by atoms with Crippen LogP contribution in [0.3, 0.4) is 0 Å². The second-order valence-corrected chi connectivity index (χ2v) is 6.66. The summed E-state index contributed by atoms with van der Waals surface area (Å²) in [6, 6.07) is 6.88. The van der Waals surface area contributed by atoms with Crippen molar-refractivity contribution < 1.29 is 24.2 Å². The number of carboxylic acid groups (broad SMARTS) is 1. The van der Waals surface area contributed by atoms with Crippen LogP contribution in [0.1, 0.15) is 20.3 Å². The molecule has 0 spiro atoms. The zero-order valence-electron chi connectivity index (χ0n) is 13.8. The van der Waals surface area contributed by atoms with Crippen LogP contribution in [0.5, 0.6) is 0 Å². The third-order valence-electron chi connectivity index (χ3n) is 3.05. The van der Waals surface area contributed by atoms with Gasteiger partial charge < -0.3 is 14.7 Å². The quantitative estimate of drug-likeness (QED) is 0.733. The van der Waals surface area contributed by atoms with Gasteiger partial charge in [0.2, 0.25) is 0 Å². The Kier molecular flexibility index (Phi) is 7.70. The molecule has 0 saturated heterocycles. The van der Waals surface area contributed by atoms with E-state index in [0.29, 0.717) is 12.1 Å². The minimum absolute atomic E-state index is 0.0951. The zero-order chi connectivity index (χ0) is 18.3. The molecule has 7 nitrogen and oxygen atoms in total. The van der Waals surface area contributed by atoms with Gasteiger partial charge >= 0.3 is 12.1 Å². The number of carbonyl (C=O) groups is 3. The third kappa shape index (κ3) is 6.99. The fraction of sp³-hybridized carbons (Fsp3) is 0.438. The van der Waals surface area contributed by atoms with Crippen LogP contribution in [-0.4, -0.2) is 47.7 Å². The first-order chi connectivity index (χ1) is 11.2. The van der Waals surface area contributed by atoms with E-state index in [2.05, 4.69) is 21.2 Å². The topological polar surface area (TPSA) is 95.9 Å². The molecule has 0 heterocycles. The number of likely N-dealkylation sites (N-methyl/N-ethyl adjacent to an activating group) is 1. The van der Waals surface area contributed by atoms with Crippen molar-refractivity contribution in [1.29, 1.82) is 0 Å². The Hall–Kier alpha value is -2.09. The summed E-state index contributed by atoms with van der Waals surface area (Å²) in [5.41, 5.74) is 0.526. The van der Waals surface area contributed by atoms with Gasteiger partial charge in [-0.3, -0.25) is 14.9 Å². The van der Waals surface area contributed by atoms with E-state index < -0.39 is 30.6 Å². The average Bonchev–Trinajstić information content (AvgIpc) is 2.47. The second-order valence-electron chi connectivity index (χ2n) is 5.74. The number of aliphatic carboxylic acids is 1. The lowest BCUT2D eigenvalue weighted by Gasteiger charge is -2.24. The summed E-state index contributed by atoms with van der Waals surface area (Å²) in [5.74, 6) is -1.58. The van der Waals surface area contributed by atoms with Crippen molar-refractivity contribution in [3.8, 4) is 0 Å². The highest BCUT2D eigenvalue weighted by atomic mass is 79.9. The Morgan fingerprint density at radius 2 is 1.83 bits per heavy atom. The molecule has 1 rings (SSSR count). The van der Waals surface area contributed by atoms with E-state index in [-0.39, 0.29) is 5.92 Å². The third-order valence-corrected chi connectivity index (χ3v) is 3.58. The maximum Gasteiger partial charge on any atom is 0.412 e. The summed E-state index contributed by atoms with van der Waals surface area (Å²) in [7, 11) is 1.36. The van der Waals surface area contributed by atoms with E-state index >= 15 is 0 Å². The molecule has 0 aliphatic carbocycles. The fourth-order valence-electron chi connectivity index (χ4n) is 1.96. The molecule has 0 aliphatic heterocycles. The van der Waals surface area contributed by atoms with E-state index in [4.69, 9.17) is 9.84 Å². The minimum atomic E-state index is -1.13. The van der Waals surface area contributed by atoms with Crippen LogP contribution in [0.4, 0.5) is 10.5 Å². The van der Waals surface area contributed by atoms with Gasteiger partial charge in [-0.1, -0.05) is 29.8 Å². The number of nitrogens with zero attached hydrogens (tertiary/aromatic N) is 1. The Morgan fingerprint density at radius 1 is 1.25 bits per heavy atom. The summed E-state index contributed by atoms with van der Waals surface area (Å²) < 4.78 is 6.08. The zero-order valence-corrected chi connectivity index (χ0v) is 15.4. The Balaban J connectivity index is 2.73. The second kappa shape index (κ2) is 9.27. The number of amides is 2. The van der Waals surface area contributed by atoms with Crippen LogP contribution < -0.4 is 5.32 Å². The number of rotatable bonds is 7. The molecule has 0 saturated carbocycles. The van der Waals surface area contributed by atoms with Gasteiger partial charge in [0.05, 0.1) is 0 Å². The maximum atomic E-state index is 12.3. The lowest BCUT2D eigenvalue weighted by Crippen LogP contribution is -2.42. The molecule has 1 atom stereocenters. The lowest BCUT2D eigenvalue weighted by molar-refractivity contribution is -0.147. The first-order valence-corrected chi connectivity index (χ1v) is 8.18. The normalized spacial score (nSPS) is 11.7. The maximum absolute atomic E-state index is 12.3. The first kappa shape index (κ1) is 20.0.